The van der Waals surface area contributed by atoms with Crippen molar-refractivity contribution in [3.8, 4) is 0 Å². The Morgan fingerprint density at radius 3 is 3.00 bits per heavy atom. The number of imidazole rings is 1. The first-order valence-corrected chi connectivity index (χ1v) is 7.49. The van der Waals surface area contributed by atoms with Crippen LogP contribution in [0.2, 0.25) is 5.28 Å². The zero-order chi connectivity index (χ0) is 14.2. The fraction of sp³-hybridized carbons (Fsp3) is 0.357. The van der Waals surface area contributed by atoms with E-state index in [0.717, 1.165) is 11.3 Å². The van der Waals surface area contributed by atoms with E-state index in [0.29, 0.717) is 11.9 Å². The number of anilines is 2. The quantitative estimate of drug-likeness (QED) is 0.805. The molecule has 0 aromatic carbocycles. The second kappa shape index (κ2) is 5.04. The van der Waals surface area contributed by atoms with Gasteiger partial charge in [0.1, 0.15) is 11.3 Å². The second-order valence-corrected chi connectivity index (χ2v) is 5.67. The fourth-order valence-corrected chi connectivity index (χ4v) is 3.09. The van der Waals surface area contributed by atoms with Gasteiger partial charge in [0.15, 0.2) is 5.82 Å². The van der Waals surface area contributed by atoms with Crippen molar-refractivity contribution in [2.24, 2.45) is 0 Å². The molecular weight excluding hydrogens is 288 g/mol. The van der Waals surface area contributed by atoms with E-state index in [9.17, 15) is 0 Å². The molecule has 0 atom stereocenters. The van der Waals surface area contributed by atoms with Gasteiger partial charge in [-0.3, -0.25) is 0 Å². The van der Waals surface area contributed by atoms with E-state index in [4.69, 9.17) is 11.6 Å². The normalized spacial score (nSPS) is 15.9. The van der Waals surface area contributed by atoms with Gasteiger partial charge < -0.3 is 9.88 Å². The van der Waals surface area contributed by atoms with Gasteiger partial charge in [-0.25, -0.2) is 9.50 Å². The Kier molecular flexibility index (Phi) is 3.03. The van der Waals surface area contributed by atoms with Gasteiger partial charge in [-0.05, 0) is 36.6 Å². The highest BCUT2D eigenvalue weighted by Gasteiger charge is 2.17. The summed E-state index contributed by atoms with van der Waals surface area (Å²) >= 11 is 5.95. The first kappa shape index (κ1) is 12.6. The minimum atomic E-state index is 0.205. The lowest BCUT2D eigenvalue weighted by atomic mass is 10.2. The van der Waals surface area contributed by atoms with Crippen molar-refractivity contribution in [2.75, 3.05) is 5.32 Å². The molecule has 1 aliphatic rings. The minimum absolute atomic E-state index is 0.205. The molecule has 21 heavy (non-hydrogen) atoms. The molecule has 3 aromatic rings. The fourth-order valence-electron chi connectivity index (χ4n) is 2.92. The van der Waals surface area contributed by atoms with E-state index in [2.05, 4.69) is 25.0 Å². The van der Waals surface area contributed by atoms with Crippen LogP contribution in [-0.4, -0.2) is 24.1 Å². The van der Waals surface area contributed by atoms with E-state index < -0.39 is 0 Å². The summed E-state index contributed by atoms with van der Waals surface area (Å²) in [7, 11) is 0. The maximum Gasteiger partial charge on any atom is 0.243 e. The SMILES string of the molecule is Clc1nc(Nc2cn(C3CCCC3)cn2)c2cccn2n1. The average Bonchev–Trinajstić information content (AvgIpc) is 3.19. The third-order valence-corrected chi connectivity index (χ3v) is 4.12. The van der Waals surface area contributed by atoms with Crippen LogP contribution in [0.25, 0.3) is 5.52 Å². The van der Waals surface area contributed by atoms with E-state index in [1.54, 1.807) is 4.52 Å². The molecule has 1 fully saturated rings. The van der Waals surface area contributed by atoms with Crippen LogP contribution >= 0.6 is 11.6 Å². The van der Waals surface area contributed by atoms with Crippen molar-refractivity contribution >= 4 is 28.8 Å². The molecule has 0 unspecified atom stereocenters. The maximum atomic E-state index is 5.95. The summed E-state index contributed by atoms with van der Waals surface area (Å²) in [5, 5.41) is 7.55. The lowest BCUT2D eigenvalue weighted by Crippen LogP contribution is -2.02. The summed E-state index contributed by atoms with van der Waals surface area (Å²) < 4.78 is 3.89. The molecule has 1 aliphatic carbocycles. The average molecular weight is 303 g/mol. The van der Waals surface area contributed by atoms with E-state index >= 15 is 0 Å². The van der Waals surface area contributed by atoms with Crippen LogP contribution in [0.4, 0.5) is 11.6 Å². The van der Waals surface area contributed by atoms with E-state index in [1.807, 2.05) is 30.9 Å². The summed E-state index contributed by atoms with van der Waals surface area (Å²) in [5.74, 6) is 1.44. The Hall–Kier alpha value is -2.08. The van der Waals surface area contributed by atoms with Crippen LogP contribution in [0, 0.1) is 0 Å². The molecule has 1 saturated carbocycles. The number of nitrogens with one attached hydrogen (secondary N) is 1. The lowest BCUT2D eigenvalue weighted by molar-refractivity contribution is 0.518. The van der Waals surface area contributed by atoms with Crippen LogP contribution < -0.4 is 5.32 Å². The van der Waals surface area contributed by atoms with E-state index in [-0.39, 0.29) is 5.28 Å². The Morgan fingerprint density at radius 1 is 1.29 bits per heavy atom. The van der Waals surface area contributed by atoms with Crippen molar-refractivity contribution in [1.82, 2.24) is 24.1 Å². The first-order chi connectivity index (χ1) is 10.3. The van der Waals surface area contributed by atoms with Crippen LogP contribution in [0.15, 0.2) is 30.9 Å². The maximum absolute atomic E-state index is 5.95. The second-order valence-electron chi connectivity index (χ2n) is 5.34. The van der Waals surface area contributed by atoms with Gasteiger partial charge in [0.25, 0.3) is 0 Å². The number of halogens is 1. The zero-order valence-electron chi connectivity index (χ0n) is 11.4. The molecule has 3 heterocycles. The highest BCUT2D eigenvalue weighted by atomic mass is 35.5. The highest BCUT2D eigenvalue weighted by Crippen LogP contribution is 2.30. The molecule has 7 heteroatoms. The van der Waals surface area contributed by atoms with Gasteiger partial charge >= 0.3 is 0 Å². The van der Waals surface area contributed by atoms with Gasteiger partial charge in [-0.2, -0.15) is 4.98 Å². The Labute approximate surface area is 126 Å². The van der Waals surface area contributed by atoms with Gasteiger partial charge in [0, 0.05) is 18.4 Å². The standard InChI is InChI=1S/C14H15ClN6/c15-14-18-13(11-6-3-7-21(11)19-14)17-12-8-20(9-16-12)10-4-1-2-5-10/h3,6-10H,1-2,4-5H2,(H,17,18,19). The molecule has 0 amide bonds. The van der Waals surface area contributed by atoms with Gasteiger partial charge in [-0.15, -0.1) is 5.10 Å². The van der Waals surface area contributed by atoms with Crippen LogP contribution in [0.1, 0.15) is 31.7 Å². The summed E-state index contributed by atoms with van der Waals surface area (Å²) in [5.41, 5.74) is 0.870. The highest BCUT2D eigenvalue weighted by molar-refractivity contribution is 6.28. The molecule has 1 N–H and O–H groups in total. The molecule has 0 radical (unpaired) electrons. The molecule has 108 valence electrons. The Bertz CT molecular complexity index is 771. The molecule has 3 aromatic heterocycles. The number of hydrogen-bond donors (Lipinski definition) is 1. The third kappa shape index (κ3) is 2.35. The third-order valence-electron chi connectivity index (χ3n) is 3.96. The lowest BCUT2D eigenvalue weighted by Gasteiger charge is -2.09. The smallest absolute Gasteiger partial charge is 0.243 e. The van der Waals surface area contributed by atoms with Crippen molar-refractivity contribution in [2.45, 2.75) is 31.7 Å². The summed E-state index contributed by atoms with van der Waals surface area (Å²) in [6, 6.07) is 4.42. The number of hydrogen-bond acceptors (Lipinski definition) is 4. The topological polar surface area (TPSA) is 60.0 Å². The molecule has 0 bridgehead atoms. The molecule has 0 aliphatic heterocycles. The Morgan fingerprint density at radius 2 is 2.14 bits per heavy atom. The van der Waals surface area contributed by atoms with Crippen molar-refractivity contribution in [3.05, 3.63) is 36.1 Å². The van der Waals surface area contributed by atoms with Crippen molar-refractivity contribution in [1.29, 1.82) is 0 Å². The summed E-state index contributed by atoms with van der Waals surface area (Å²) in [6.45, 7) is 0. The predicted molar refractivity (Wildman–Crippen MR) is 81.0 cm³/mol. The number of rotatable bonds is 3. The summed E-state index contributed by atoms with van der Waals surface area (Å²) in [4.78, 5) is 8.66. The largest absolute Gasteiger partial charge is 0.332 e. The molecule has 0 spiro atoms. The van der Waals surface area contributed by atoms with Crippen molar-refractivity contribution in [3.63, 3.8) is 0 Å². The van der Waals surface area contributed by atoms with Crippen molar-refractivity contribution < 1.29 is 0 Å². The summed E-state index contributed by atoms with van der Waals surface area (Å²) in [6.07, 6.45) is 10.8. The molecule has 0 saturated heterocycles. The van der Waals surface area contributed by atoms with Gasteiger partial charge in [-0.1, -0.05) is 12.8 Å². The zero-order valence-corrected chi connectivity index (χ0v) is 12.2. The number of aromatic nitrogens is 5. The molecule has 6 nitrogen and oxygen atoms in total. The predicted octanol–water partition coefficient (Wildman–Crippen LogP) is 3.44. The van der Waals surface area contributed by atoms with Crippen LogP contribution in [-0.2, 0) is 0 Å². The molecular formula is C14H15ClN6. The number of fused-ring (bicyclic) bond motifs is 1. The Balaban J connectivity index is 1.63. The van der Waals surface area contributed by atoms with Gasteiger partial charge in [0.2, 0.25) is 5.28 Å². The first-order valence-electron chi connectivity index (χ1n) is 7.11. The van der Waals surface area contributed by atoms with Crippen LogP contribution in [0.3, 0.4) is 0 Å². The van der Waals surface area contributed by atoms with E-state index in [1.165, 1.54) is 25.7 Å². The van der Waals surface area contributed by atoms with Crippen LogP contribution in [0.5, 0.6) is 0 Å². The minimum Gasteiger partial charge on any atom is -0.332 e. The monoisotopic (exact) mass is 302 g/mol. The van der Waals surface area contributed by atoms with Gasteiger partial charge in [0.05, 0.1) is 6.33 Å². The number of nitrogens with zero attached hydrogens (tertiary/aromatic N) is 5. The molecule has 4 rings (SSSR count).